The quantitative estimate of drug-likeness (QED) is 0.858. The summed E-state index contributed by atoms with van der Waals surface area (Å²) < 4.78 is 36.8. The normalized spacial score (nSPS) is 13.2. The van der Waals surface area contributed by atoms with Crippen LogP contribution >= 0.6 is 0 Å². The Morgan fingerprint density at radius 2 is 2.12 bits per heavy atom. The summed E-state index contributed by atoms with van der Waals surface area (Å²) in [6.45, 7) is 2.08. The Balaban J connectivity index is 2.97. The number of carbonyl (C=O) groups excluding carboxylic acids is 1. The molecule has 6 heteroatoms. The van der Waals surface area contributed by atoms with Crippen molar-refractivity contribution >= 4 is 5.91 Å². The van der Waals surface area contributed by atoms with Gasteiger partial charge in [0.25, 0.3) is 5.91 Å². The summed E-state index contributed by atoms with van der Waals surface area (Å²) in [5.74, 6) is -0.469. The lowest BCUT2D eigenvalue weighted by Gasteiger charge is -2.15. The van der Waals surface area contributed by atoms with Crippen LogP contribution in [0.25, 0.3) is 0 Å². The van der Waals surface area contributed by atoms with Gasteiger partial charge in [0.2, 0.25) is 0 Å². The van der Waals surface area contributed by atoms with E-state index < -0.39 is 18.2 Å². The van der Waals surface area contributed by atoms with E-state index in [0.29, 0.717) is 6.54 Å². The average molecular weight is 247 g/mol. The lowest BCUT2D eigenvalue weighted by molar-refractivity contribution is -0.206. The molecule has 94 valence electrons. The number of hydrogen-bond donors (Lipinski definition) is 2. The number of nitrogens with one attached hydrogen (secondary N) is 1. The van der Waals surface area contributed by atoms with E-state index in [9.17, 15) is 18.0 Å². The van der Waals surface area contributed by atoms with Crippen LogP contribution in [0.4, 0.5) is 13.2 Å². The van der Waals surface area contributed by atoms with Crippen LogP contribution in [0.2, 0.25) is 0 Å². The number of aliphatic hydroxyl groups is 1. The van der Waals surface area contributed by atoms with Crippen LogP contribution in [0.3, 0.4) is 0 Å². The molecule has 0 fully saturated rings. The summed E-state index contributed by atoms with van der Waals surface area (Å²) in [6, 6.07) is 4.84. The molecule has 0 aliphatic carbocycles. The molecule has 0 bridgehead atoms. The van der Waals surface area contributed by atoms with Crippen LogP contribution in [0.1, 0.15) is 28.9 Å². The fourth-order valence-corrected chi connectivity index (χ4v) is 1.30. The molecule has 1 aromatic carbocycles. The van der Waals surface area contributed by atoms with E-state index in [1.165, 1.54) is 12.1 Å². The van der Waals surface area contributed by atoms with Gasteiger partial charge in [-0.25, -0.2) is 0 Å². The number of hydrogen-bond acceptors (Lipinski definition) is 2. The molecule has 17 heavy (non-hydrogen) atoms. The van der Waals surface area contributed by atoms with Crippen molar-refractivity contribution in [2.75, 3.05) is 6.54 Å². The highest BCUT2D eigenvalue weighted by Gasteiger charge is 2.39. The number of amides is 1. The van der Waals surface area contributed by atoms with Gasteiger partial charge in [0.05, 0.1) is 0 Å². The zero-order chi connectivity index (χ0) is 13.1. The van der Waals surface area contributed by atoms with Gasteiger partial charge in [-0.3, -0.25) is 4.79 Å². The number of alkyl halides is 3. The maximum Gasteiger partial charge on any atom is 0.418 e. The Bertz CT molecular complexity index is 404. The monoisotopic (exact) mass is 247 g/mol. The maximum absolute atomic E-state index is 12.3. The first-order chi connectivity index (χ1) is 7.86. The number of rotatable bonds is 3. The first-order valence-corrected chi connectivity index (χ1v) is 4.99. The van der Waals surface area contributed by atoms with Gasteiger partial charge in [-0.1, -0.05) is 12.1 Å². The third-order valence-electron chi connectivity index (χ3n) is 2.11. The van der Waals surface area contributed by atoms with E-state index in [1.54, 1.807) is 6.92 Å². The Labute approximate surface area is 96.3 Å². The highest BCUT2D eigenvalue weighted by Crippen LogP contribution is 2.32. The lowest BCUT2D eigenvalue weighted by Crippen LogP contribution is -2.24. The van der Waals surface area contributed by atoms with E-state index in [1.807, 2.05) is 0 Å². The Hall–Kier alpha value is -1.56. The third kappa shape index (κ3) is 3.45. The van der Waals surface area contributed by atoms with Crippen molar-refractivity contribution in [2.24, 2.45) is 0 Å². The van der Waals surface area contributed by atoms with Gasteiger partial charge < -0.3 is 10.4 Å². The molecule has 0 saturated heterocycles. The second-order valence-electron chi connectivity index (χ2n) is 3.43. The highest BCUT2D eigenvalue weighted by atomic mass is 19.4. The summed E-state index contributed by atoms with van der Waals surface area (Å²) in [7, 11) is 0. The molecule has 1 aromatic rings. The smallest absolute Gasteiger partial charge is 0.379 e. The molecule has 0 radical (unpaired) electrons. The molecule has 0 unspecified atom stereocenters. The minimum Gasteiger partial charge on any atom is -0.379 e. The molecular formula is C11H12F3NO2. The molecule has 1 atom stereocenters. The van der Waals surface area contributed by atoms with Crippen molar-refractivity contribution < 1.29 is 23.1 Å². The molecule has 1 rings (SSSR count). The Kier molecular flexibility index (Phi) is 4.11. The minimum atomic E-state index is -4.74. The molecule has 0 spiro atoms. The molecule has 0 aromatic heterocycles. The second-order valence-corrected chi connectivity index (χ2v) is 3.43. The summed E-state index contributed by atoms with van der Waals surface area (Å²) in [5.41, 5.74) is -0.256. The van der Waals surface area contributed by atoms with Gasteiger partial charge in [-0.05, 0) is 24.6 Å². The summed E-state index contributed by atoms with van der Waals surface area (Å²) in [4.78, 5) is 11.4. The Morgan fingerprint density at radius 1 is 1.47 bits per heavy atom. The standard InChI is InChI=1S/C11H12F3NO2/c1-2-15-10(17)8-5-3-4-7(6-8)9(16)11(12,13)14/h3-6,9,16H,2H2,1H3,(H,15,17)/t9-/m1/s1. The van der Waals surface area contributed by atoms with Crippen molar-refractivity contribution in [3.8, 4) is 0 Å². The fraction of sp³-hybridized carbons (Fsp3) is 0.364. The number of benzene rings is 1. The molecule has 0 heterocycles. The molecule has 0 aliphatic heterocycles. The molecule has 0 aliphatic rings. The summed E-state index contributed by atoms with van der Waals surface area (Å²) in [6.07, 6.45) is -7.31. The molecular weight excluding hydrogens is 235 g/mol. The predicted molar refractivity (Wildman–Crippen MR) is 55.5 cm³/mol. The summed E-state index contributed by atoms with van der Waals surface area (Å²) >= 11 is 0. The first kappa shape index (κ1) is 13.5. The van der Waals surface area contributed by atoms with Crippen LogP contribution in [-0.4, -0.2) is 23.7 Å². The summed E-state index contributed by atoms with van der Waals surface area (Å²) in [5, 5.41) is 11.5. The maximum atomic E-state index is 12.3. The van der Waals surface area contributed by atoms with Gasteiger partial charge in [-0.15, -0.1) is 0 Å². The highest BCUT2D eigenvalue weighted by molar-refractivity contribution is 5.94. The molecule has 0 saturated carbocycles. The van der Waals surface area contributed by atoms with Crippen molar-refractivity contribution in [2.45, 2.75) is 19.2 Å². The predicted octanol–water partition coefficient (Wildman–Crippen LogP) is 2.03. The molecule has 3 nitrogen and oxygen atoms in total. The number of aliphatic hydroxyl groups excluding tert-OH is 1. The third-order valence-corrected chi connectivity index (χ3v) is 2.11. The average Bonchev–Trinajstić information content (AvgIpc) is 2.27. The van der Waals surface area contributed by atoms with Crippen LogP contribution in [0.15, 0.2) is 24.3 Å². The van der Waals surface area contributed by atoms with Crippen molar-refractivity contribution in [3.63, 3.8) is 0 Å². The van der Waals surface area contributed by atoms with Crippen molar-refractivity contribution in [1.82, 2.24) is 5.32 Å². The van der Waals surface area contributed by atoms with Gasteiger partial charge in [0.1, 0.15) is 0 Å². The molecule has 1 amide bonds. The van der Waals surface area contributed by atoms with Gasteiger partial charge in [0.15, 0.2) is 6.10 Å². The van der Waals surface area contributed by atoms with Crippen LogP contribution < -0.4 is 5.32 Å². The van der Waals surface area contributed by atoms with Gasteiger partial charge >= 0.3 is 6.18 Å². The van der Waals surface area contributed by atoms with E-state index >= 15 is 0 Å². The van der Waals surface area contributed by atoms with Crippen LogP contribution in [0.5, 0.6) is 0 Å². The zero-order valence-electron chi connectivity index (χ0n) is 9.08. The van der Waals surface area contributed by atoms with Crippen LogP contribution in [0, 0.1) is 0 Å². The second kappa shape index (κ2) is 5.18. The van der Waals surface area contributed by atoms with E-state index in [2.05, 4.69) is 5.32 Å². The topological polar surface area (TPSA) is 49.3 Å². The van der Waals surface area contributed by atoms with E-state index in [4.69, 9.17) is 5.11 Å². The van der Waals surface area contributed by atoms with Crippen molar-refractivity contribution in [1.29, 1.82) is 0 Å². The SMILES string of the molecule is CCNC(=O)c1cccc([C@@H](O)C(F)(F)F)c1. The largest absolute Gasteiger partial charge is 0.418 e. The first-order valence-electron chi connectivity index (χ1n) is 4.99. The fourth-order valence-electron chi connectivity index (χ4n) is 1.30. The van der Waals surface area contributed by atoms with Crippen molar-refractivity contribution in [3.05, 3.63) is 35.4 Å². The van der Waals surface area contributed by atoms with E-state index in [0.717, 1.165) is 12.1 Å². The van der Waals surface area contributed by atoms with Gasteiger partial charge in [-0.2, -0.15) is 13.2 Å². The zero-order valence-corrected chi connectivity index (χ0v) is 9.08. The number of carbonyl (C=O) groups is 1. The van der Waals surface area contributed by atoms with Crippen LogP contribution in [-0.2, 0) is 0 Å². The van der Waals surface area contributed by atoms with Gasteiger partial charge in [0, 0.05) is 12.1 Å². The minimum absolute atomic E-state index is 0.0904. The van der Waals surface area contributed by atoms with E-state index in [-0.39, 0.29) is 11.1 Å². The molecule has 2 N–H and O–H groups in total. The lowest BCUT2D eigenvalue weighted by atomic mass is 10.1. The Morgan fingerprint density at radius 3 is 2.65 bits per heavy atom. The number of halogens is 3.